The highest BCUT2D eigenvalue weighted by atomic mass is 32.2. The van der Waals surface area contributed by atoms with Crippen LogP contribution in [0.1, 0.15) is 39.6 Å². The number of hydrogen-bond acceptors (Lipinski definition) is 8. The number of alkyl halides is 3. The quantitative estimate of drug-likeness (QED) is 0.389. The van der Waals surface area contributed by atoms with E-state index < -0.39 is 34.1 Å². The number of carbonyl (C=O) groups excluding carboxylic acids is 2. The molecule has 16 heteroatoms. The first-order valence-electron chi connectivity index (χ1n) is 11.8. The number of halogens is 3. The van der Waals surface area contributed by atoms with Crippen molar-refractivity contribution in [1.82, 2.24) is 24.8 Å². The van der Waals surface area contributed by atoms with Gasteiger partial charge in [0.15, 0.2) is 11.5 Å². The zero-order valence-corrected chi connectivity index (χ0v) is 21.6. The van der Waals surface area contributed by atoms with Crippen molar-refractivity contribution in [1.29, 1.82) is 0 Å². The van der Waals surface area contributed by atoms with E-state index in [1.165, 1.54) is 35.8 Å². The van der Waals surface area contributed by atoms with Crippen LogP contribution in [0.25, 0.3) is 16.9 Å². The van der Waals surface area contributed by atoms with Gasteiger partial charge in [-0.15, -0.1) is 5.10 Å². The lowest BCUT2D eigenvalue weighted by molar-refractivity contribution is -0.177. The van der Waals surface area contributed by atoms with Crippen LogP contribution in [-0.2, 0) is 21.3 Å². The Balaban J connectivity index is 1.60. The molecule has 0 unspecified atom stereocenters. The number of nitrogens with two attached hydrogens (primary N) is 1. The van der Waals surface area contributed by atoms with Gasteiger partial charge >= 0.3 is 6.18 Å². The summed E-state index contributed by atoms with van der Waals surface area (Å²) in [5.41, 5.74) is 6.52. The van der Waals surface area contributed by atoms with E-state index in [9.17, 15) is 31.2 Å². The second-order valence-electron chi connectivity index (χ2n) is 9.38. The van der Waals surface area contributed by atoms with Crippen molar-refractivity contribution in [3.8, 4) is 11.3 Å². The standard InChI is InChI=1S/C23H24F3N7O5S/c1-3-16(23(24,25)26)32-8-12-6-11(7-15(17(12)22(32)35)31-39(2,36)37)14-4-5-33-20(29-14)18(19(27)30-33)21(34)28-13-9-38-10-13/h4-7,13,16,31H,3,8-10H2,1-2H3,(H2,27,30)(H,28,34)/t16-/m0/s1. The molecule has 1 saturated heterocycles. The molecule has 39 heavy (non-hydrogen) atoms. The normalized spacial score (nSPS) is 16.7. The number of nitrogens with one attached hydrogen (secondary N) is 2. The average molecular weight is 568 g/mol. The third-order valence-corrected chi connectivity index (χ3v) is 7.07. The van der Waals surface area contributed by atoms with Crippen molar-refractivity contribution in [2.75, 3.05) is 29.9 Å². The van der Waals surface area contributed by atoms with Crippen molar-refractivity contribution in [3.05, 3.63) is 41.1 Å². The molecule has 1 atom stereocenters. The highest BCUT2D eigenvalue weighted by Crippen LogP contribution is 2.39. The number of anilines is 2. The number of benzene rings is 1. The minimum atomic E-state index is -4.67. The van der Waals surface area contributed by atoms with Crippen LogP contribution in [0.15, 0.2) is 24.4 Å². The molecule has 0 bridgehead atoms. The number of aromatic nitrogens is 3. The SMILES string of the molecule is CC[C@H](N1Cc2cc(-c3ccn4nc(N)c(C(=O)NC5COC5)c4n3)cc(NS(C)(=O)=O)c2C1=O)C(F)(F)F. The van der Waals surface area contributed by atoms with Gasteiger partial charge in [0.2, 0.25) is 10.0 Å². The van der Waals surface area contributed by atoms with Crippen molar-refractivity contribution in [3.63, 3.8) is 0 Å². The lowest BCUT2D eigenvalue weighted by Crippen LogP contribution is -2.48. The van der Waals surface area contributed by atoms with Crippen LogP contribution >= 0.6 is 0 Å². The van der Waals surface area contributed by atoms with Gasteiger partial charge in [0.1, 0.15) is 11.6 Å². The van der Waals surface area contributed by atoms with Crippen LogP contribution in [0.3, 0.4) is 0 Å². The summed E-state index contributed by atoms with van der Waals surface area (Å²) in [4.78, 5) is 31.1. The molecule has 208 valence electrons. The number of fused-ring (bicyclic) bond motifs is 2. The van der Waals surface area contributed by atoms with Crippen LogP contribution in [0, 0.1) is 0 Å². The van der Waals surface area contributed by atoms with Crippen LogP contribution < -0.4 is 15.8 Å². The maximum atomic E-state index is 13.7. The lowest BCUT2D eigenvalue weighted by Gasteiger charge is -2.28. The van der Waals surface area contributed by atoms with Crippen molar-refractivity contribution >= 4 is 39.0 Å². The third-order valence-electron chi connectivity index (χ3n) is 6.48. The number of nitrogens with zero attached hydrogens (tertiary/aromatic N) is 4. The predicted octanol–water partition coefficient (Wildman–Crippen LogP) is 1.78. The Kier molecular flexibility index (Phi) is 6.41. The summed E-state index contributed by atoms with van der Waals surface area (Å²) in [7, 11) is -3.91. The van der Waals surface area contributed by atoms with Gasteiger partial charge in [-0.05, 0) is 30.2 Å². The molecule has 1 aromatic carbocycles. The minimum absolute atomic E-state index is 0.0247. The molecule has 4 N–H and O–H groups in total. The highest BCUT2D eigenvalue weighted by Gasteiger charge is 2.47. The Morgan fingerprint density at radius 3 is 2.62 bits per heavy atom. The summed E-state index contributed by atoms with van der Waals surface area (Å²) >= 11 is 0. The molecular formula is C23H24F3N7O5S. The molecule has 2 aliphatic rings. The largest absolute Gasteiger partial charge is 0.408 e. The molecule has 0 saturated carbocycles. The number of sulfonamides is 1. The minimum Gasteiger partial charge on any atom is -0.381 e. The highest BCUT2D eigenvalue weighted by molar-refractivity contribution is 7.92. The number of hydrogen-bond donors (Lipinski definition) is 3. The molecule has 3 aromatic rings. The van der Waals surface area contributed by atoms with Crippen LogP contribution in [0.2, 0.25) is 0 Å². The number of ether oxygens (including phenoxy) is 1. The second-order valence-corrected chi connectivity index (χ2v) is 11.1. The van der Waals surface area contributed by atoms with E-state index in [-0.39, 0.29) is 58.5 Å². The van der Waals surface area contributed by atoms with E-state index in [2.05, 4.69) is 20.1 Å². The molecule has 2 aliphatic heterocycles. The maximum Gasteiger partial charge on any atom is 0.408 e. The van der Waals surface area contributed by atoms with E-state index >= 15 is 0 Å². The number of rotatable bonds is 7. The molecule has 1 fully saturated rings. The van der Waals surface area contributed by atoms with Gasteiger partial charge in [-0.25, -0.2) is 17.9 Å². The fourth-order valence-electron chi connectivity index (χ4n) is 4.69. The number of amides is 2. The Bertz CT molecular complexity index is 1600. The maximum absolute atomic E-state index is 13.7. The summed E-state index contributed by atoms with van der Waals surface area (Å²) in [6, 6.07) is 2.10. The van der Waals surface area contributed by atoms with Crippen molar-refractivity contribution < 1.29 is 35.9 Å². The number of nitrogen functional groups attached to an aromatic ring is 1. The zero-order chi connectivity index (χ0) is 28.3. The van der Waals surface area contributed by atoms with Gasteiger partial charge in [-0.2, -0.15) is 13.2 Å². The average Bonchev–Trinajstić information content (AvgIpc) is 3.30. The van der Waals surface area contributed by atoms with Gasteiger partial charge < -0.3 is 20.7 Å². The molecule has 4 heterocycles. The van der Waals surface area contributed by atoms with E-state index in [1.54, 1.807) is 0 Å². The first kappa shape index (κ1) is 26.7. The summed E-state index contributed by atoms with van der Waals surface area (Å²) in [5, 5.41) is 6.87. The van der Waals surface area contributed by atoms with Crippen LogP contribution in [0.4, 0.5) is 24.7 Å². The van der Waals surface area contributed by atoms with E-state index in [0.717, 1.165) is 6.26 Å². The Hall–Kier alpha value is -3.92. The van der Waals surface area contributed by atoms with Crippen molar-refractivity contribution in [2.24, 2.45) is 0 Å². The predicted molar refractivity (Wildman–Crippen MR) is 133 cm³/mol. The summed E-state index contributed by atoms with van der Waals surface area (Å²) < 4.78 is 73.8. The van der Waals surface area contributed by atoms with Crippen LogP contribution in [0.5, 0.6) is 0 Å². The summed E-state index contributed by atoms with van der Waals surface area (Å²) in [6.07, 6.45) is -2.69. The molecule has 0 radical (unpaired) electrons. The zero-order valence-electron chi connectivity index (χ0n) is 20.7. The molecule has 2 aromatic heterocycles. The fraction of sp³-hybridized carbons (Fsp3) is 0.391. The smallest absolute Gasteiger partial charge is 0.381 e. The Labute approximate surface area is 220 Å². The summed E-state index contributed by atoms with van der Waals surface area (Å²) in [5.74, 6) is -1.50. The molecule has 2 amide bonds. The topological polar surface area (TPSA) is 161 Å². The molecular weight excluding hydrogens is 543 g/mol. The van der Waals surface area contributed by atoms with Crippen molar-refractivity contribution in [2.45, 2.75) is 38.1 Å². The molecule has 0 spiro atoms. The van der Waals surface area contributed by atoms with Gasteiger partial charge in [-0.1, -0.05) is 6.92 Å². The second kappa shape index (κ2) is 9.37. The first-order chi connectivity index (χ1) is 18.3. The van der Waals surface area contributed by atoms with E-state index in [0.29, 0.717) is 23.7 Å². The van der Waals surface area contributed by atoms with Gasteiger partial charge in [0, 0.05) is 18.3 Å². The monoisotopic (exact) mass is 567 g/mol. The Morgan fingerprint density at radius 2 is 2.03 bits per heavy atom. The number of carbonyl (C=O) groups is 2. The van der Waals surface area contributed by atoms with Gasteiger partial charge in [0.25, 0.3) is 11.8 Å². The van der Waals surface area contributed by atoms with Crippen LogP contribution in [-0.4, -0.2) is 77.5 Å². The summed E-state index contributed by atoms with van der Waals surface area (Å²) in [6.45, 7) is 1.66. The molecule has 0 aliphatic carbocycles. The molecule has 5 rings (SSSR count). The lowest BCUT2D eigenvalue weighted by atomic mass is 10.0. The van der Waals surface area contributed by atoms with Gasteiger partial charge in [0.05, 0.1) is 42.5 Å². The fourth-order valence-corrected chi connectivity index (χ4v) is 5.25. The first-order valence-corrected chi connectivity index (χ1v) is 13.7. The van der Waals surface area contributed by atoms with E-state index in [1.807, 2.05) is 0 Å². The van der Waals surface area contributed by atoms with Gasteiger partial charge in [-0.3, -0.25) is 14.3 Å². The van der Waals surface area contributed by atoms with E-state index in [4.69, 9.17) is 10.5 Å². The Morgan fingerprint density at radius 1 is 1.31 bits per heavy atom. The molecule has 12 nitrogen and oxygen atoms in total. The third kappa shape index (κ3) is 4.96.